The maximum Gasteiger partial charge on any atom is 0.255 e. The van der Waals surface area contributed by atoms with Crippen LogP contribution in [0.5, 0.6) is 0 Å². The first-order chi connectivity index (χ1) is 13.6. The smallest absolute Gasteiger partial charge is 0.255 e. The van der Waals surface area contributed by atoms with Crippen molar-refractivity contribution < 1.29 is 31.5 Å². The van der Waals surface area contributed by atoms with E-state index in [1.165, 1.54) is 12.1 Å². The molecule has 2 aromatic rings. The molecule has 2 N–H and O–H groups in total. The number of hydrogen-bond acceptors (Lipinski definition) is 4. The van der Waals surface area contributed by atoms with Gasteiger partial charge in [0.2, 0.25) is 0 Å². The van der Waals surface area contributed by atoms with Crippen molar-refractivity contribution in [3.8, 4) is 0 Å². The fraction of sp³-hybridized carbons (Fsp3) is 0.316. The van der Waals surface area contributed by atoms with Gasteiger partial charge in [-0.05, 0) is 43.9 Å². The van der Waals surface area contributed by atoms with Gasteiger partial charge in [-0.3, -0.25) is 4.79 Å². The van der Waals surface area contributed by atoms with Crippen LogP contribution in [0.3, 0.4) is 0 Å². The second-order valence-corrected chi connectivity index (χ2v) is 9.44. The normalized spacial score (nSPS) is 19.8. The van der Waals surface area contributed by atoms with Crippen molar-refractivity contribution in [2.24, 2.45) is 0 Å². The molecule has 1 fully saturated rings. The Hall–Kier alpha value is -2.10. The molecule has 3 rings (SSSR count). The fourth-order valence-corrected chi connectivity index (χ4v) is 5.66. The Balaban J connectivity index is 1.89. The lowest BCUT2D eigenvalue weighted by molar-refractivity contribution is 0.102. The van der Waals surface area contributed by atoms with Gasteiger partial charge in [0.25, 0.3) is 5.91 Å². The van der Waals surface area contributed by atoms with Gasteiger partial charge in [-0.15, -0.1) is 0 Å². The van der Waals surface area contributed by atoms with Crippen molar-refractivity contribution in [2.75, 3.05) is 5.32 Å². The van der Waals surface area contributed by atoms with Gasteiger partial charge in [0.1, 0.15) is 0 Å². The number of sulfone groups is 1. The molecule has 0 aromatic heterocycles. The minimum Gasteiger partial charge on any atom is -0.393 e. The fourth-order valence-electron chi connectivity index (χ4n) is 3.28. The van der Waals surface area contributed by atoms with Gasteiger partial charge < -0.3 is 10.4 Å². The van der Waals surface area contributed by atoms with Gasteiger partial charge in [0, 0.05) is 23.4 Å². The van der Waals surface area contributed by atoms with E-state index in [0.717, 1.165) is 6.07 Å². The summed E-state index contributed by atoms with van der Waals surface area (Å²) in [7, 11) is -3.92. The molecule has 0 aliphatic heterocycles. The van der Waals surface area contributed by atoms with Crippen molar-refractivity contribution in [2.45, 2.75) is 41.9 Å². The minimum atomic E-state index is -3.92. The summed E-state index contributed by atoms with van der Waals surface area (Å²) in [6.45, 7) is 0. The summed E-state index contributed by atoms with van der Waals surface area (Å²) in [5.41, 5.74) is -0.448. The molecule has 29 heavy (non-hydrogen) atoms. The number of benzene rings is 2. The van der Waals surface area contributed by atoms with Crippen LogP contribution in [0.2, 0.25) is 5.02 Å². The molecule has 2 unspecified atom stereocenters. The van der Waals surface area contributed by atoms with Gasteiger partial charge in [0.15, 0.2) is 27.3 Å². The first kappa shape index (κ1) is 21.6. The molecule has 0 bridgehead atoms. The molecule has 1 aliphatic rings. The highest BCUT2D eigenvalue weighted by Gasteiger charge is 2.34. The average molecular weight is 448 g/mol. The number of hydrogen-bond donors (Lipinski definition) is 2. The van der Waals surface area contributed by atoms with Crippen molar-refractivity contribution in [1.29, 1.82) is 0 Å². The molecule has 156 valence electrons. The Morgan fingerprint density at radius 2 is 1.76 bits per heavy atom. The monoisotopic (exact) mass is 447 g/mol. The van der Waals surface area contributed by atoms with E-state index in [1.54, 1.807) is 0 Å². The molecule has 1 amide bonds. The van der Waals surface area contributed by atoms with Crippen LogP contribution in [0.1, 0.15) is 36.0 Å². The third kappa shape index (κ3) is 4.57. The Bertz CT molecular complexity index is 1040. The number of anilines is 1. The molecular weight excluding hydrogens is 431 g/mol. The highest BCUT2D eigenvalue weighted by atomic mass is 35.5. The molecule has 1 aliphatic carbocycles. The molecule has 0 spiro atoms. The van der Waals surface area contributed by atoms with E-state index < -0.39 is 44.5 Å². The highest BCUT2D eigenvalue weighted by molar-refractivity contribution is 7.92. The predicted octanol–water partition coefficient (Wildman–Crippen LogP) is 4.09. The molecule has 0 heterocycles. The maximum atomic E-state index is 13.3. The van der Waals surface area contributed by atoms with Gasteiger partial charge in [-0.25, -0.2) is 21.6 Å². The second kappa shape index (κ2) is 8.33. The molecule has 10 heteroatoms. The van der Waals surface area contributed by atoms with E-state index in [0.29, 0.717) is 31.4 Å². The van der Waals surface area contributed by atoms with E-state index in [4.69, 9.17) is 11.6 Å². The zero-order chi connectivity index (χ0) is 21.3. The number of carbonyl (C=O) groups is 1. The van der Waals surface area contributed by atoms with Gasteiger partial charge >= 0.3 is 0 Å². The first-order valence-corrected chi connectivity index (χ1v) is 10.7. The van der Waals surface area contributed by atoms with E-state index in [1.807, 2.05) is 0 Å². The summed E-state index contributed by atoms with van der Waals surface area (Å²) in [5.74, 6) is -5.48. The van der Waals surface area contributed by atoms with Crippen LogP contribution in [0.4, 0.5) is 18.9 Å². The maximum absolute atomic E-state index is 13.3. The Morgan fingerprint density at radius 3 is 2.38 bits per heavy atom. The summed E-state index contributed by atoms with van der Waals surface area (Å²) in [4.78, 5) is 12.2. The second-order valence-electron chi connectivity index (χ2n) is 6.84. The van der Waals surface area contributed by atoms with Gasteiger partial charge in [-0.2, -0.15) is 0 Å². The molecule has 2 atom stereocenters. The highest BCUT2D eigenvalue weighted by Crippen LogP contribution is 2.33. The van der Waals surface area contributed by atoms with Crippen molar-refractivity contribution in [1.82, 2.24) is 0 Å². The average Bonchev–Trinajstić information content (AvgIpc) is 2.66. The third-order valence-corrected chi connectivity index (χ3v) is 7.48. The van der Waals surface area contributed by atoms with E-state index >= 15 is 0 Å². The van der Waals surface area contributed by atoms with Gasteiger partial charge in [0.05, 0.1) is 21.3 Å². The number of carbonyl (C=O) groups excluding carboxylic acids is 1. The predicted molar refractivity (Wildman–Crippen MR) is 101 cm³/mol. The van der Waals surface area contributed by atoms with E-state index in [2.05, 4.69) is 5.32 Å². The topological polar surface area (TPSA) is 83.5 Å². The number of aliphatic hydroxyl groups excluding tert-OH is 1. The third-order valence-electron chi connectivity index (χ3n) is 4.78. The number of amides is 1. The van der Waals surface area contributed by atoms with Crippen LogP contribution < -0.4 is 5.32 Å². The Kier molecular flexibility index (Phi) is 6.21. The summed E-state index contributed by atoms with van der Waals surface area (Å²) in [5, 5.41) is 11.1. The Morgan fingerprint density at radius 1 is 1.10 bits per heavy atom. The lowest BCUT2D eigenvalue weighted by Gasteiger charge is -2.26. The lowest BCUT2D eigenvalue weighted by atomic mass is 9.97. The summed E-state index contributed by atoms with van der Waals surface area (Å²) in [6, 6.07) is 4.77. The van der Waals surface area contributed by atoms with E-state index in [-0.39, 0.29) is 27.6 Å². The molecule has 0 radical (unpaired) electrons. The number of halogens is 4. The molecule has 5 nitrogen and oxygen atoms in total. The zero-order valence-electron chi connectivity index (χ0n) is 15.0. The summed E-state index contributed by atoms with van der Waals surface area (Å²) in [6.07, 6.45) is 0.776. The van der Waals surface area contributed by atoms with E-state index in [9.17, 15) is 31.5 Å². The van der Waals surface area contributed by atoms with Crippen molar-refractivity contribution >= 4 is 33.0 Å². The first-order valence-electron chi connectivity index (χ1n) is 8.77. The number of nitrogens with one attached hydrogen (secondary N) is 1. The van der Waals surface area contributed by atoms with Crippen LogP contribution in [0, 0.1) is 17.5 Å². The molecule has 2 aromatic carbocycles. The number of aliphatic hydroxyl groups is 1. The SMILES string of the molecule is O=C(Nc1cc(F)c(F)c(F)c1)c1ccc(Cl)c(S(=O)(=O)C2CCCC(O)C2)c1. The summed E-state index contributed by atoms with van der Waals surface area (Å²) < 4.78 is 65.6. The standard InChI is InChI=1S/C19H17ClF3NO4S/c20-14-5-4-10(19(26)24-11-7-15(21)18(23)16(22)8-11)6-17(14)29(27,28)13-3-1-2-12(25)9-13/h4-8,12-13,25H,1-3,9H2,(H,24,26). The van der Waals surface area contributed by atoms with Crippen LogP contribution in [-0.2, 0) is 9.84 Å². The Labute approximate surface area is 170 Å². The van der Waals surface area contributed by atoms with Crippen LogP contribution >= 0.6 is 11.6 Å². The zero-order valence-corrected chi connectivity index (χ0v) is 16.5. The largest absolute Gasteiger partial charge is 0.393 e. The minimum absolute atomic E-state index is 0.0726. The van der Waals surface area contributed by atoms with Crippen LogP contribution in [0.25, 0.3) is 0 Å². The van der Waals surface area contributed by atoms with Gasteiger partial charge in [-0.1, -0.05) is 11.6 Å². The molecule has 1 saturated carbocycles. The quantitative estimate of drug-likeness (QED) is 0.691. The lowest BCUT2D eigenvalue weighted by Crippen LogP contribution is -2.31. The molecule has 0 saturated heterocycles. The summed E-state index contributed by atoms with van der Waals surface area (Å²) >= 11 is 6.05. The number of rotatable bonds is 4. The van der Waals surface area contributed by atoms with Crippen LogP contribution in [0.15, 0.2) is 35.2 Å². The molecular formula is C19H17ClF3NO4S. The van der Waals surface area contributed by atoms with Crippen molar-refractivity contribution in [3.63, 3.8) is 0 Å². The van der Waals surface area contributed by atoms with Crippen molar-refractivity contribution in [3.05, 3.63) is 58.4 Å². The van der Waals surface area contributed by atoms with Crippen LogP contribution in [-0.4, -0.2) is 30.8 Å².